The lowest BCUT2D eigenvalue weighted by Crippen LogP contribution is -2.60. The molecule has 0 N–H and O–H groups in total. The normalized spacial score (nSPS) is 53.2. The van der Waals surface area contributed by atoms with Crippen molar-refractivity contribution < 1.29 is 4.74 Å². The predicted octanol–water partition coefficient (Wildman–Crippen LogP) is 5.19. The fourth-order valence-corrected chi connectivity index (χ4v) is 6.30. The van der Waals surface area contributed by atoms with E-state index in [0.717, 1.165) is 11.8 Å². The number of hydrogen-bond acceptors (Lipinski definition) is 1. The Morgan fingerprint density at radius 1 is 0.842 bits per heavy atom. The van der Waals surface area contributed by atoms with E-state index in [4.69, 9.17) is 4.74 Å². The zero-order valence-electron chi connectivity index (χ0n) is 13.6. The quantitative estimate of drug-likeness (QED) is 0.585. The van der Waals surface area contributed by atoms with Gasteiger partial charge in [-0.1, -0.05) is 27.2 Å². The molecular formula is C18H32O. The molecular weight excluding hydrogens is 232 g/mol. The lowest BCUT2D eigenvalue weighted by Gasteiger charge is -2.64. The van der Waals surface area contributed by atoms with Crippen LogP contribution in [-0.4, -0.2) is 11.7 Å². The van der Waals surface area contributed by atoms with Crippen molar-refractivity contribution in [3.05, 3.63) is 0 Å². The molecule has 0 spiro atoms. The minimum absolute atomic E-state index is 0.163. The lowest BCUT2D eigenvalue weighted by molar-refractivity contribution is -0.232. The second-order valence-corrected chi connectivity index (χ2v) is 8.81. The van der Waals surface area contributed by atoms with Gasteiger partial charge in [-0.05, 0) is 75.0 Å². The van der Waals surface area contributed by atoms with Gasteiger partial charge in [-0.3, -0.25) is 0 Å². The highest BCUT2D eigenvalue weighted by Crippen LogP contribution is 2.64. The van der Waals surface area contributed by atoms with E-state index in [2.05, 4.69) is 34.6 Å². The van der Waals surface area contributed by atoms with Crippen molar-refractivity contribution in [1.82, 2.24) is 0 Å². The minimum Gasteiger partial charge on any atom is -0.372 e. The molecule has 0 radical (unpaired) electrons. The van der Waals surface area contributed by atoms with Crippen molar-refractivity contribution >= 4 is 0 Å². The summed E-state index contributed by atoms with van der Waals surface area (Å²) in [5.41, 5.74) is 1.22. The summed E-state index contributed by atoms with van der Waals surface area (Å²) in [5.74, 6) is 1.69. The van der Waals surface area contributed by atoms with Gasteiger partial charge in [0.2, 0.25) is 0 Å². The third kappa shape index (κ3) is 1.99. The van der Waals surface area contributed by atoms with E-state index >= 15 is 0 Å². The van der Waals surface area contributed by atoms with Crippen LogP contribution in [0.3, 0.4) is 0 Å². The van der Waals surface area contributed by atoms with Crippen molar-refractivity contribution in [3.63, 3.8) is 0 Å². The van der Waals surface area contributed by atoms with Gasteiger partial charge in [0, 0.05) is 0 Å². The van der Waals surface area contributed by atoms with Crippen LogP contribution in [0.2, 0.25) is 0 Å². The van der Waals surface area contributed by atoms with Gasteiger partial charge in [0.25, 0.3) is 0 Å². The topological polar surface area (TPSA) is 9.23 Å². The molecule has 0 bridgehead atoms. The van der Waals surface area contributed by atoms with Crippen molar-refractivity contribution in [3.8, 4) is 0 Å². The molecule has 3 aliphatic rings. The third-order valence-electron chi connectivity index (χ3n) is 7.07. The Labute approximate surface area is 119 Å². The Hall–Kier alpha value is -0.0400. The fourth-order valence-electron chi connectivity index (χ4n) is 6.30. The number of rotatable bonds is 0. The molecule has 1 heterocycles. The molecule has 5 atom stereocenters. The van der Waals surface area contributed by atoms with E-state index < -0.39 is 0 Å². The van der Waals surface area contributed by atoms with Crippen LogP contribution in [0.5, 0.6) is 0 Å². The van der Waals surface area contributed by atoms with Crippen molar-refractivity contribution in [2.45, 2.75) is 91.3 Å². The summed E-state index contributed by atoms with van der Waals surface area (Å²) >= 11 is 0. The summed E-state index contributed by atoms with van der Waals surface area (Å²) in [4.78, 5) is 0. The van der Waals surface area contributed by atoms with Gasteiger partial charge >= 0.3 is 0 Å². The van der Waals surface area contributed by atoms with Crippen LogP contribution in [-0.2, 0) is 4.74 Å². The van der Waals surface area contributed by atoms with Gasteiger partial charge < -0.3 is 4.74 Å². The van der Waals surface area contributed by atoms with Gasteiger partial charge in [-0.15, -0.1) is 0 Å². The Kier molecular flexibility index (Phi) is 3.10. The van der Waals surface area contributed by atoms with E-state index in [1.165, 1.54) is 44.9 Å². The van der Waals surface area contributed by atoms with Crippen LogP contribution in [0.1, 0.15) is 79.6 Å². The van der Waals surface area contributed by atoms with E-state index in [1.807, 2.05) is 0 Å². The Balaban J connectivity index is 1.94. The summed E-state index contributed by atoms with van der Waals surface area (Å²) < 4.78 is 6.46. The standard InChI is InChI=1S/C18H32O/c1-13-7-8-15-17(4)11-6-10-16(2,3)14(17)9-12-18(15,5)19-13/h13-15H,6-12H2,1-5H3/t13-,14-,15+,17-,18-/m0/s1. The van der Waals surface area contributed by atoms with Crippen molar-refractivity contribution in [2.75, 3.05) is 0 Å². The number of ether oxygens (including phenoxy) is 1. The first-order valence-electron chi connectivity index (χ1n) is 8.46. The smallest absolute Gasteiger partial charge is 0.0691 e. The average Bonchev–Trinajstić information content (AvgIpc) is 2.25. The van der Waals surface area contributed by atoms with Crippen LogP contribution in [0.25, 0.3) is 0 Å². The molecule has 0 aromatic heterocycles. The molecule has 19 heavy (non-hydrogen) atoms. The molecule has 0 aromatic carbocycles. The third-order valence-corrected chi connectivity index (χ3v) is 7.07. The summed E-state index contributed by atoms with van der Waals surface area (Å²) in [6, 6.07) is 0. The molecule has 2 saturated carbocycles. The van der Waals surface area contributed by atoms with Crippen LogP contribution in [0.15, 0.2) is 0 Å². The van der Waals surface area contributed by atoms with Gasteiger partial charge in [0.15, 0.2) is 0 Å². The zero-order chi connectivity index (χ0) is 13.9. The second-order valence-electron chi connectivity index (χ2n) is 8.81. The molecule has 0 amide bonds. The summed E-state index contributed by atoms with van der Waals surface area (Å²) in [6.45, 7) is 12.3. The minimum atomic E-state index is 0.163. The fraction of sp³-hybridized carbons (Fsp3) is 1.00. The molecule has 3 fully saturated rings. The first-order valence-corrected chi connectivity index (χ1v) is 8.46. The SMILES string of the molecule is C[C@H]1CC[C@@H]2[C@@]3(C)CCCC(C)(C)[C@@H]3CC[C@]2(C)O1. The molecule has 1 aliphatic heterocycles. The Morgan fingerprint density at radius 2 is 1.58 bits per heavy atom. The van der Waals surface area contributed by atoms with Crippen LogP contribution < -0.4 is 0 Å². The Bertz CT molecular complexity index is 361. The summed E-state index contributed by atoms with van der Waals surface area (Å²) in [5, 5.41) is 0. The van der Waals surface area contributed by atoms with Gasteiger partial charge in [0.1, 0.15) is 0 Å². The van der Waals surface area contributed by atoms with E-state index in [0.29, 0.717) is 16.9 Å². The first kappa shape index (κ1) is 13.9. The van der Waals surface area contributed by atoms with Gasteiger partial charge in [-0.2, -0.15) is 0 Å². The summed E-state index contributed by atoms with van der Waals surface area (Å²) in [7, 11) is 0. The summed E-state index contributed by atoms with van der Waals surface area (Å²) in [6.07, 6.45) is 10.1. The number of fused-ring (bicyclic) bond motifs is 3. The Morgan fingerprint density at radius 3 is 2.32 bits per heavy atom. The molecule has 110 valence electrons. The van der Waals surface area contributed by atoms with Crippen molar-refractivity contribution in [2.24, 2.45) is 22.7 Å². The first-order chi connectivity index (χ1) is 8.78. The van der Waals surface area contributed by atoms with Gasteiger partial charge in [0.05, 0.1) is 11.7 Å². The molecule has 0 unspecified atom stereocenters. The molecule has 1 heteroatoms. The highest BCUT2D eigenvalue weighted by molar-refractivity contribution is 5.09. The molecule has 0 aromatic rings. The van der Waals surface area contributed by atoms with Crippen molar-refractivity contribution in [1.29, 1.82) is 0 Å². The molecule has 3 rings (SSSR count). The monoisotopic (exact) mass is 264 g/mol. The van der Waals surface area contributed by atoms with Gasteiger partial charge in [-0.25, -0.2) is 0 Å². The maximum absolute atomic E-state index is 6.46. The van der Waals surface area contributed by atoms with E-state index in [-0.39, 0.29) is 5.60 Å². The highest BCUT2D eigenvalue weighted by atomic mass is 16.5. The average molecular weight is 264 g/mol. The zero-order valence-corrected chi connectivity index (χ0v) is 13.6. The molecule has 1 saturated heterocycles. The maximum Gasteiger partial charge on any atom is 0.0691 e. The largest absolute Gasteiger partial charge is 0.372 e. The van der Waals surface area contributed by atoms with Crippen LogP contribution >= 0.6 is 0 Å². The predicted molar refractivity (Wildman–Crippen MR) is 80.1 cm³/mol. The van der Waals surface area contributed by atoms with E-state index in [9.17, 15) is 0 Å². The molecule has 2 aliphatic carbocycles. The highest BCUT2D eigenvalue weighted by Gasteiger charge is 2.59. The number of hydrogen-bond donors (Lipinski definition) is 0. The lowest BCUT2D eigenvalue weighted by atomic mass is 9.44. The second kappa shape index (κ2) is 4.23. The van der Waals surface area contributed by atoms with Crippen LogP contribution in [0.4, 0.5) is 0 Å². The van der Waals surface area contributed by atoms with E-state index in [1.54, 1.807) is 0 Å². The molecule has 1 nitrogen and oxygen atoms in total. The van der Waals surface area contributed by atoms with Crippen LogP contribution in [0, 0.1) is 22.7 Å². The maximum atomic E-state index is 6.46.